The number of piperidine rings is 2. The smallest absolute Gasteiger partial charge is 0.101 e. The SMILES string of the molecule is CCC/C=C/C(=C\N=C(C)N(C)C1CCC(CCC2=CCC(N3CCCCC3)=CC3=NCCN=C23)CC1)C1CCN(C)CC1. The molecule has 0 aromatic carbocycles. The van der Waals surface area contributed by atoms with E-state index in [1.807, 2.05) is 0 Å². The molecule has 0 amide bonds. The Balaban J connectivity index is 1.14. The second-order valence-electron chi connectivity index (χ2n) is 14.0. The highest BCUT2D eigenvalue weighted by molar-refractivity contribution is 6.52. The number of nitrogens with zero attached hydrogens (tertiary/aromatic N) is 6. The van der Waals surface area contributed by atoms with Gasteiger partial charge in [0.15, 0.2) is 0 Å². The summed E-state index contributed by atoms with van der Waals surface area (Å²) < 4.78 is 0. The van der Waals surface area contributed by atoms with Gasteiger partial charge in [-0.15, -0.1) is 0 Å². The van der Waals surface area contributed by atoms with E-state index in [4.69, 9.17) is 15.0 Å². The molecule has 2 saturated heterocycles. The van der Waals surface area contributed by atoms with Crippen LogP contribution in [-0.2, 0) is 0 Å². The summed E-state index contributed by atoms with van der Waals surface area (Å²) in [6.45, 7) is 10.9. The van der Waals surface area contributed by atoms with Crippen LogP contribution in [0, 0.1) is 11.8 Å². The van der Waals surface area contributed by atoms with Crippen molar-refractivity contribution in [2.45, 2.75) is 110 Å². The summed E-state index contributed by atoms with van der Waals surface area (Å²) in [4.78, 5) is 22.5. The Labute approximate surface area is 268 Å². The lowest BCUT2D eigenvalue weighted by molar-refractivity contribution is 0.222. The van der Waals surface area contributed by atoms with Crippen molar-refractivity contribution in [3.05, 3.63) is 47.3 Å². The highest BCUT2D eigenvalue weighted by Crippen LogP contribution is 2.33. The molecule has 0 unspecified atom stereocenters. The maximum absolute atomic E-state index is 5.05. The lowest BCUT2D eigenvalue weighted by Gasteiger charge is -2.36. The van der Waals surface area contributed by atoms with Crippen LogP contribution in [0.15, 0.2) is 62.3 Å². The van der Waals surface area contributed by atoms with Gasteiger partial charge in [-0.2, -0.15) is 0 Å². The molecule has 0 aromatic heterocycles. The topological polar surface area (TPSA) is 46.8 Å². The van der Waals surface area contributed by atoms with Crippen molar-refractivity contribution in [3.63, 3.8) is 0 Å². The van der Waals surface area contributed by atoms with E-state index in [1.165, 1.54) is 119 Å². The zero-order valence-corrected chi connectivity index (χ0v) is 28.4. The Kier molecular flexibility index (Phi) is 12.5. The first-order valence-electron chi connectivity index (χ1n) is 18.1. The first-order valence-corrected chi connectivity index (χ1v) is 18.1. The Morgan fingerprint density at radius 1 is 1.00 bits per heavy atom. The van der Waals surface area contributed by atoms with Gasteiger partial charge in [0.25, 0.3) is 0 Å². The molecular weight excluding hydrogens is 540 g/mol. The highest BCUT2D eigenvalue weighted by atomic mass is 15.2. The van der Waals surface area contributed by atoms with Crippen molar-refractivity contribution in [2.24, 2.45) is 26.8 Å². The average Bonchev–Trinajstić information content (AvgIpc) is 3.25. The minimum Gasteiger partial charge on any atom is -0.375 e. The lowest BCUT2D eigenvalue weighted by Crippen LogP contribution is -2.38. The molecule has 0 spiro atoms. The van der Waals surface area contributed by atoms with E-state index < -0.39 is 0 Å². The predicted molar refractivity (Wildman–Crippen MR) is 189 cm³/mol. The van der Waals surface area contributed by atoms with E-state index >= 15 is 0 Å². The van der Waals surface area contributed by atoms with Gasteiger partial charge in [-0.3, -0.25) is 9.98 Å². The molecule has 0 radical (unpaired) electrons. The first-order chi connectivity index (χ1) is 21.5. The van der Waals surface area contributed by atoms with Gasteiger partial charge in [-0.1, -0.05) is 31.6 Å². The molecule has 0 N–H and O–H groups in total. The Hall–Kier alpha value is -2.47. The van der Waals surface area contributed by atoms with Gasteiger partial charge in [0.05, 0.1) is 24.5 Å². The number of hydrogen-bond donors (Lipinski definition) is 0. The summed E-state index contributed by atoms with van der Waals surface area (Å²) >= 11 is 0. The Bertz CT molecular complexity index is 1150. The number of aliphatic imine (C=N–C) groups is 3. The molecule has 2 aliphatic carbocycles. The van der Waals surface area contributed by atoms with Crippen LogP contribution in [-0.4, -0.2) is 91.4 Å². The molecule has 3 aliphatic heterocycles. The highest BCUT2D eigenvalue weighted by Gasteiger charge is 2.27. The van der Waals surface area contributed by atoms with E-state index in [1.54, 1.807) is 0 Å². The standard InChI is InChI=1S/C38H60N6/c1-5-6-8-11-34(32-20-26-42(3)27-21-32)29-41-30(2)43(4)35-17-13-31(14-18-35)12-15-33-16-19-36(44-24-9-7-10-25-44)28-37-38(33)40-23-22-39-37/h8,11,16,28-29,31-32,35H,5-7,9-10,12-15,17-27H2,1-4H3/b11-8+,34-29+,41-30?. The van der Waals surface area contributed by atoms with Gasteiger partial charge in [0, 0.05) is 44.5 Å². The maximum Gasteiger partial charge on any atom is 0.101 e. The number of likely N-dealkylation sites (tertiary alicyclic amines) is 2. The molecule has 3 fully saturated rings. The van der Waals surface area contributed by atoms with Crippen molar-refractivity contribution in [1.82, 2.24) is 14.7 Å². The molecule has 44 heavy (non-hydrogen) atoms. The van der Waals surface area contributed by atoms with Gasteiger partial charge in [-0.05, 0) is 133 Å². The van der Waals surface area contributed by atoms with Crippen molar-refractivity contribution < 1.29 is 0 Å². The van der Waals surface area contributed by atoms with Gasteiger partial charge in [-0.25, -0.2) is 4.99 Å². The molecule has 6 heteroatoms. The third kappa shape index (κ3) is 9.05. The van der Waals surface area contributed by atoms with Crippen LogP contribution in [0.4, 0.5) is 0 Å². The Morgan fingerprint density at radius 3 is 2.50 bits per heavy atom. The van der Waals surface area contributed by atoms with Gasteiger partial charge in [0.2, 0.25) is 0 Å². The second kappa shape index (κ2) is 16.7. The van der Waals surface area contributed by atoms with Crippen LogP contribution in [0.25, 0.3) is 0 Å². The van der Waals surface area contributed by atoms with Crippen molar-refractivity contribution in [2.75, 3.05) is 53.4 Å². The minimum absolute atomic E-state index is 0.598. The van der Waals surface area contributed by atoms with E-state index in [2.05, 4.69) is 73.1 Å². The van der Waals surface area contributed by atoms with Crippen LogP contribution in [0.5, 0.6) is 0 Å². The molecule has 0 bridgehead atoms. The number of unbranched alkanes of at least 4 members (excludes halogenated alkanes) is 1. The third-order valence-electron chi connectivity index (χ3n) is 10.9. The van der Waals surface area contributed by atoms with Crippen LogP contribution in [0.1, 0.15) is 104 Å². The van der Waals surface area contributed by atoms with Crippen molar-refractivity contribution >= 4 is 17.3 Å². The number of allylic oxidation sites excluding steroid dienone is 6. The van der Waals surface area contributed by atoms with E-state index in [9.17, 15) is 0 Å². The lowest BCUT2D eigenvalue weighted by atomic mass is 9.81. The van der Waals surface area contributed by atoms with E-state index in [0.717, 1.165) is 49.8 Å². The van der Waals surface area contributed by atoms with Crippen molar-refractivity contribution in [3.8, 4) is 0 Å². The second-order valence-corrected chi connectivity index (χ2v) is 14.0. The average molecular weight is 601 g/mol. The fourth-order valence-corrected chi connectivity index (χ4v) is 7.75. The third-order valence-corrected chi connectivity index (χ3v) is 10.9. The van der Waals surface area contributed by atoms with Gasteiger partial charge in [0.1, 0.15) is 5.84 Å². The molecule has 0 aromatic rings. The fraction of sp³-hybridized carbons (Fsp3) is 0.711. The summed E-state index contributed by atoms with van der Waals surface area (Å²) in [7, 11) is 4.51. The predicted octanol–water partition coefficient (Wildman–Crippen LogP) is 7.85. The molecule has 3 heterocycles. The molecule has 6 nitrogen and oxygen atoms in total. The summed E-state index contributed by atoms with van der Waals surface area (Å²) in [6.07, 6.45) is 29.2. The van der Waals surface area contributed by atoms with E-state index in [-0.39, 0.29) is 0 Å². The minimum atomic E-state index is 0.598. The normalized spacial score (nSPS) is 26.5. The van der Waals surface area contributed by atoms with Gasteiger partial charge < -0.3 is 14.7 Å². The van der Waals surface area contributed by atoms with Gasteiger partial charge >= 0.3 is 0 Å². The van der Waals surface area contributed by atoms with Crippen LogP contribution in [0.2, 0.25) is 0 Å². The summed E-state index contributed by atoms with van der Waals surface area (Å²) in [6, 6.07) is 0.598. The maximum atomic E-state index is 5.05. The van der Waals surface area contributed by atoms with Crippen molar-refractivity contribution in [1.29, 1.82) is 0 Å². The molecule has 242 valence electrons. The number of amidine groups is 1. The molecule has 1 saturated carbocycles. The van der Waals surface area contributed by atoms with Crippen LogP contribution < -0.4 is 0 Å². The largest absolute Gasteiger partial charge is 0.375 e. The molecule has 5 aliphatic rings. The Morgan fingerprint density at radius 2 is 1.75 bits per heavy atom. The summed E-state index contributed by atoms with van der Waals surface area (Å²) in [5, 5.41) is 0. The summed E-state index contributed by atoms with van der Waals surface area (Å²) in [5.74, 6) is 2.60. The molecular formula is C38H60N6. The number of fused-ring (bicyclic) bond motifs is 1. The monoisotopic (exact) mass is 600 g/mol. The molecule has 5 rings (SSSR count). The molecule has 0 atom stereocenters. The number of rotatable bonds is 10. The zero-order chi connectivity index (χ0) is 30.7. The van der Waals surface area contributed by atoms with Crippen LogP contribution in [0.3, 0.4) is 0 Å². The zero-order valence-electron chi connectivity index (χ0n) is 28.4. The van der Waals surface area contributed by atoms with E-state index in [0.29, 0.717) is 12.0 Å². The first kappa shape index (κ1) is 32.9. The quantitative estimate of drug-likeness (QED) is 0.146. The fourth-order valence-electron chi connectivity index (χ4n) is 7.75. The van der Waals surface area contributed by atoms with Crippen LogP contribution >= 0.6 is 0 Å². The summed E-state index contributed by atoms with van der Waals surface area (Å²) in [5.41, 5.74) is 6.67. The number of hydrogen-bond acceptors (Lipinski definition) is 5.